The van der Waals surface area contributed by atoms with Crippen molar-refractivity contribution in [2.45, 2.75) is 0 Å². The van der Waals surface area contributed by atoms with Crippen molar-refractivity contribution in [3.63, 3.8) is 0 Å². The SMILES string of the molecule is CN(C)C[C]1[CH][CH][CH][C]1c1ccc([N+](=O)[O-])nc1.[CH]1[CH][CH][CH][CH]1.[Fe+2]. The smallest absolute Gasteiger partial charge is 0.358 e. The Morgan fingerprint density at radius 3 is 2.12 bits per heavy atom. The molecule has 2 saturated carbocycles. The van der Waals surface area contributed by atoms with E-state index in [0.717, 1.165) is 18.0 Å². The minimum atomic E-state index is -0.491. The molecule has 3 rings (SSSR count). The fourth-order valence-electron chi connectivity index (χ4n) is 2.19. The minimum Gasteiger partial charge on any atom is -0.358 e. The molecule has 0 atom stereocenters. The van der Waals surface area contributed by atoms with Gasteiger partial charge in [-0.05, 0) is 81.4 Å². The molecule has 1 aromatic heterocycles. The van der Waals surface area contributed by atoms with Crippen LogP contribution in [0.3, 0.4) is 0 Å². The summed E-state index contributed by atoms with van der Waals surface area (Å²) in [5.74, 6) is 2.14. The van der Waals surface area contributed by atoms with Crippen LogP contribution in [0.5, 0.6) is 0 Å². The molecule has 0 bridgehead atoms. The molecule has 10 radical (unpaired) electrons. The van der Waals surface area contributed by atoms with Crippen molar-refractivity contribution in [1.82, 2.24) is 9.88 Å². The molecular formula is C18H19FeN3O2+2. The molecule has 24 heavy (non-hydrogen) atoms. The standard InChI is InChI=1S/C13H14N3O2.C5H5.Fe/c1-15(2)9-11-4-3-5-12(11)10-6-7-13(14-8-10)16(17)18;1-2-4-5-3-1;/h3-8H,9H2,1-2H3;1-5H;/q;;+2. The monoisotopic (exact) mass is 365 g/mol. The molecule has 124 valence electrons. The van der Waals surface area contributed by atoms with Gasteiger partial charge in [-0.2, -0.15) is 0 Å². The van der Waals surface area contributed by atoms with Gasteiger partial charge in [-0.25, -0.2) is 0 Å². The van der Waals surface area contributed by atoms with Crippen LogP contribution in [0.25, 0.3) is 0 Å². The third kappa shape index (κ3) is 6.50. The van der Waals surface area contributed by atoms with Crippen LogP contribution in [0.2, 0.25) is 0 Å². The second kappa shape index (κ2) is 10.8. The van der Waals surface area contributed by atoms with Crippen LogP contribution in [0.1, 0.15) is 5.56 Å². The third-order valence-electron chi connectivity index (χ3n) is 3.19. The van der Waals surface area contributed by atoms with E-state index in [1.54, 1.807) is 12.3 Å². The molecule has 0 saturated heterocycles. The van der Waals surface area contributed by atoms with Crippen LogP contribution in [0.4, 0.5) is 5.82 Å². The molecule has 0 aromatic carbocycles. The summed E-state index contributed by atoms with van der Waals surface area (Å²) in [6.07, 6.45) is 17.6. The maximum atomic E-state index is 10.5. The number of aromatic nitrogens is 1. The number of pyridine rings is 1. The van der Waals surface area contributed by atoms with Gasteiger partial charge in [0.2, 0.25) is 0 Å². The van der Waals surface area contributed by atoms with E-state index in [9.17, 15) is 10.1 Å². The van der Waals surface area contributed by atoms with Gasteiger partial charge in [0.15, 0.2) is 0 Å². The van der Waals surface area contributed by atoms with Crippen molar-refractivity contribution in [1.29, 1.82) is 0 Å². The third-order valence-corrected chi connectivity index (χ3v) is 3.19. The first-order valence-electron chi connectivity index (χ1n) is 7.24. The van der Waals surface area contributed by atoms with E-state index in [-0.39, 0.29) is 22.9 Å². The summed E-state index contributed by atoms with van der Waals surface area (Å²) in [5.41, 5.74) is 0.905. The van der Waals surface area contributed by atoms with Gasteiger partial charge in [-0.1, -0.05) is 0 Å². The number of hydrogen-bond donors (Lipinski definition) is 0. The molecule has 2 aliphatic carbocycles. The average Bonchev–Trinajstić information content (AvgIpc) is 3.21. The topological polar surface area (TPSA) is 59.3 Å². The van der Waals surface area contributed by atoms with E-state index in [1.807, 2.05) is 59.0 Å². The van der Waals surface area contributed by atoms with Gasteiger partial charge in [0.05, 0.1) is 0 Å². The molecule has 0 spiro atoms. The van der Waals surface area contributed by atoms with Gasteiger partial charge in [0.25, 0.3) is 0 Å². The van der Waals surface area contributed by atoms with E-state index >= 15 is 0 Å². The fraction of sp³-hybridized carbons (Fsp3) is 0.167. The molecule has 2 fully saturated rings. The molecule has 0 unspecified atom stereocenters. The zero-order valence-corrected chi connectivity index (χ0v) is 14.7. The minimum absolute atomic E-state index is 0. The van der Waals surface area contributed by atoms with Crippen molar-refractivity contribution in [2.24, 2.45) is 0 Å². The second-order valence-electron chi connectivity index (χ2n) is 5.33. The summed E-state index contributed by atoms with van der Waals surface area (Å²) in [6.45, 7) is 0.833. The van der Waals surface area contributed by atoms with Gasteiger partial charge < -0.3 is 15.0 Å². The van der Waals surface area contributed by atoms with Gasteiger partial charge in [0, 0.05) is 30.0 Å². The van der Waals surface area contributed by atoms with Crippen LogP contribution in [0.15, 0.2) is 18.3 Å². The van der Waals surface area contributed by atoms with Crippen molar-refractivity contribution < 1.29 is 22.0 Å². The maximum Gasteiger partial charge on any atom is 2.00 e. The summed E-state index contributed by atoms with van der Waals surface area (Å²) in [6, 6.07) is 3.17. The van der Waals surface area contributed by atoms with E-state index in [0.29, 0.717) is 0 Å². The molecule has 6 heteroatoms. The first-order chi connectivity index (χ1) is 11.1. The van der Waals surface area contributed by atoms with E-state index in [4.69, 9.17) is 0 Å². The van der Waals surface area contributed by atoms with Crippen LogP contribution < -0.4 is 0 Å². The van der Waals surface area contributed by atoms with Crippen molar-refractivity contribution in [2.75, 3.05) is 20.6 Å². The van der Waals surface area contributed by atoms with Gasteiger partial charge in [0.1, 0.15) is 6.20 Å². The van der Waals surface area contributed by atoms with E-state index < -0.39 is 4.92 Å². The summed E-state index contributed by atoms with van der Waals surface area (Å²) in [5, 5.41) is 10.5. The predicted octanol–water partition coefficient (Wildman–Crippen LogP) is 2.69. The zero-order valence-electron chi connectivity index (χ0n) is 13.6. The molecule has 5 nitrogen and oxygen atoms in total. The first-order valence-corrected chi connectivity index (χ1v) is 7.24. The molecule has 2 aliphatic rings. The van der Waals surface area contributed by atoms with E-state index in [2.05, 4.69) is 16.3 Å². The first kappa shape index (κ1) is 21.1. The summed E-state index contributed by atoms with van der Waals surface area (Å²) < 4.78 is 0. The Morgan fingerprint density at radius 1 is 1.04 bits per heavy atom. The number of nitrogens with zero attached hydrogens (tertiary/aromatic N) is 3. The van der Waals surface area contributed by atoms with Crippen molar-refractivity contribution in [3.05, 3.63) is 97.2 Å². The maximum absolute atomic E-state index is 10.5. The van der Waals surface area contributed by atoms with Gasteiger partial charge in [-0.3, -0.25) is 0 Å². The number of hydrogen-bond acceptors (Lipinski definition) is 4. The molecule has 0 amide bonds. The summed E-state index contributed by atoms with van der Waals surface area (Å²) in [7, 11) is 4.01. The largest absolute Gasteiger partial charge is 2.00 e. The number of nitro groups is 1. The summed E-state index contributed by atoms with van der Waals surface area (Å²) >= 11 is 0. The Labute approximate surface area is 155 Å². The Kier molecular flexibility index (Phi) is 9.49. The van der Waals surface area contributed by atoms with Crippen LogP contribution >= 0.6 is 0 Å². The quantitative estimate of drug-likeness (QED) is 0.468. The zero-order chi connectivity index (χ0) is 16.7. The molecular weight excluding hydrogens is 346 g/mol. The van der Waals surface area contributed by atoms with E-state index in [1.165, 1.54) is 12.0 Å². The molecule has 1 aromatic rings. The normalized spacial score (nSPS) is 18.1. The molecule has 0 N–H and O–H groups in total. The Bertz CT molecular complexity index is 482. The predicted molar refractivity (Wildman–Crippen MR) is 89.4 cm³/mol. The van der Waals surface area contributed by atoms with Gasteiger partial charge in [-0.15, -0.1) is 0 Å². The molecule has 1 heterocycles. The van der Waals surface area contributed by atoms with Crippen LogP contribution in [0, 0.1) is 73.3 Å². The second-order valence-corrected chi connectivity index (χ2v) is 5.33. The average molecular weight is 365 g/mol. The van der Waals surface area contributed by atoms with Crippen LogP contribution in [-0.2, 0) is 17.1 Å². The fourth-order valence-corrected chi connectivity index (χ4v) is 2.19. The van der Waals surface area contributed by atoms with Gasteiger partial charge >= 0.3 is 22.9 Å². The Balaban J connectivity index is 0.000000412. The summed E-state index contributed by atoms with van der Waals surface area (Å²) in [4.78, 5) is 16.0. The molecule has 0 aliphatic heterocycles. The van der Waals surface area contributed by atoms with Crippen molar-refractivity contribution in [3.8, 4) is 0 Å². The Morgan fingerprint density at radius 2 is 1.67 bits per heavy atom. The number of rotatable bonds is 4. The Hall–Kier alpha value is -0.971. The van der Waals surface area contributed by atoms with Crippen LogP contribution in [-0.4, -0.2) is 35.4 Å². The van der Waals surface area contributed by atoms with Crippen molar-refractivity contribution >= 4 is 5.82 Å².